The van der Waals surface area contributed by atoms with Crippen LogP contribution < -0.4 is 0 Å². The molecule has 66 valence electrons. The molecule has 0 aliphatic carbocycles. The Morgan fingerprint density at radius 3 is 2.00 bits per heavy atom. The van der Waals surface area contributed by atoms with Crippen LogP contribution in [0.25, 0.3) is 0 Å². The van der Waals surface area contributed by atoms with E-state index in [-0.39, 0.29) is 0 Å². The van der Waals surface area contributed by atoms with Crippen molar-refractivity contribution in [3.63, 3.8) is 0 Å². The molecule has 0 rings (SSSR count). The lowest BCUT2D eigenvalue weighted by atomic mass is 10.0. The Balaban J connectivity index is 3.79. The third kappa shape index (κ3) is 4.52. The highest BCUT2D eigenvalue weighted by molar-refractivity contribution is 8.03. The molecule has 1 heteroatoms. The molecule has 0 saturated heterocycles. The Kier molecular flexibility index (Phi) is 5.75. The molecule has 0 fully saturated rings. The summed E-state index contributed by atoms with van der Waals surface area (Å²) in [4.78, 5) is 1.37. The molecule has 0 heterocycles. The van der Waals surface area contributed by atoms with Crippen molar-refractivity contribution >= 4 is 11.8 Å². The Morgan fingerprint density at radius 2 is 1.73 bits per heavy atom. The van der Waals surface area contributed by atoms with E-state index in [0.29, 0.717) is 5.25 Å². The lowest BCUT2D eigenvalue weighted by Crippen LogP contribution is -2.00. The van der Waals surface area contributed by atoms with Crippen LogP contribution in [0.3, 0.4) is 0 Å². The first-order valence-corrected chi connectivity index (χ1v) is 5.35. The predicted octanol–water partition coefficient (Wildman–Crippen LogP) is 4.08. The molecular formula is C10H20S. The number of rotatable bonds is 5. The monoisotopic (exact) mass is 172 g/mol. The average molecular weight is 172 g/mol. The highest BCUT2D eigenvalue weighted by atomic mass is 32.2. The summed E-state index contributed by atoms with van der Waals surface area (Å²) in [6.07, 6.45) is 2.46. The van der Waals surface area contributed by atoms with E-state index in [4.69, 9.17) is 0 Å². The number of allylic oxidation sites excluding steroid dienone is 1. The van der Waals surface area contributed by atoms with Crippen LogP contribution in [0, 0.1) is 5.92 Å². The molecule has 0 aliphatic heterocycles. The van der Waals surface area contributed by atoms with Crippen molar-refractivity contribution in [3.8, 4) is 0 Å². The summed E-state index contributed by atoms with van der Waals surface area (Å²) in [6.45, 7) is 13.0. The largest absolute Gasteiger partial charge is 0.128 e. The zero-order valence-electron chi connectivity index (χ0n) is 8.18. The topological polar surface area (TPSA) is 0 Å². The van der Waals surface area contributed by atoms with Gasteiger partial charge in [-0.15, -0.1) is 11.8 Å². The van der Waals surface area contributed by atoms with E-state index in [9.17, 15) is 0 Å². The van der Waals surface area contributed by atoms with Crippen molar-refractivity contribution in [1.29, 1.82) is 0 Å². The molecule has 0 radical (unpaired) electrons. The van der Waals surface area contributed by atoms with Crippen molar-refractivity contribution in [2.45, 2.75) is 45.8 Å². The Bertz CT molecular complexity index is 112. The molecule has 0 unspecified atom stereocenters. The molecule has 0 nitrogen and oxygen atoms in total. The van der Waals surface area contributed by atoms with Gasteiger partial charge < -0.3 is 0 Å². The van der Waals surface area contributed by atoms with Gasteiger partial charge in [-0.2, -0.15) is 0 Å². The van der Waals surface area contributed by atoms with E-state index in [1.54, 1.807) is 0 Å². The minimum atomic E-state index is 0.683. The van der Waals surface area contributed by atoms with E-state index in [0.717, 1.165) is 5.92 Å². The minimum Gasteiger partial charge on any atom is -0.128 e. The second-order valence-electron chi connectivity index (χ2n) is 3.15. The molecule has 11 heavy (non-hydrogen) atoms. The summed E-state index contributed by atoms with van der Waals surface area (Å²) in [5, 5.41) is 0.683. The quantitative estimate of drug-likeness (QED) is 0.602. The Morgan fingerprint density at radius 1 is 1.27 bits per heavy atom. The lowest BCUT2D eigenvalue weighted by molar-refractivity contribution is 0.598. The first kappa shape index (κ1) is 11.1. The Hall–Kier alpha value is 0.0900. The van der Waals surface area contributed by atoms with Crippen molar-refractivity contribution in [1.82, 2.24) is 0 Å². The highest BCUT2D eigenvalue weighted by Gasteiger charge is 2.09. The number of hydrogen-bond acceptors (Lipinski definition) is 1. The van der Waals surface area contributed by atoms with Crippen LogP contribution in [-0.4, -0.2) is 5.25 Å². The smallest absolute Gasteiger partial charge is 0.00344 e. The zero-order valence-corrected chi connectivity index (χ0v) is 9.00. The van der Waals surface area contributed by atoms with Gasteiger partial charge in [0.25, 0.3) is 0 Å². The van der Waals surface area contributed by atoms with Gasteiger partial charge in [-0.1, -0.05) is 34.3 Å². The molecule has 0 atom stereocenters. The molecule has 0 aliphatic rings. The van der Waals surface area contributed by atoms with Crippen molar-refractivity contribution in [3.05, 3.63) is 11.5 Å². The summed E-state index contributed by atoms with van der Waals surface area (Å²) in [5.74, 6) is 0.724. The number of hydrogen-bond donors (Lipinski definition) is 0. The van der Waals surface area contributed by atoms with Gasteiger partial charge in [0.05, 0.1) is 0 Å². The van der Waals surface area contributed by atoms with Gasteiger partial charge in [-0.05, 0) is 23.7 Å². The van der Waals surface area contributed by atoms with Crippen LogP contribution in [0.15, 0.2) is 11.5 Å². The van der Waals surface area contributed by atoms with Gasteiger partial charge in [0.15, 0.2) is 0 Å². The summed E-state index contributed by atoms with van der Waals surface area (Å²) >= 11 is 1.92. The maximum atomic E-state index is 4.10. The summed E-state index contributed by atoms with van der Waals surface area (Å²) in [7, 11) is 0. The maximum absolute atomic E-state index is 4.10. The standard InChI is InChI=1S/C10H20S/c1-6-10(7-2)9(5)11-8(3)4/h8,10H,5-7H2,1-4H3. The van der Waals surface area contributed by atoms with E-state index in [2.05, 4.69) is 34.3 Å². The predicted molar refractivity (Wildman–Crippen MR) is 55.9 cm³/mol. The third-order valence-corrected chi connectivity index (χ3v) is 2.94. The SMILES string of the molecule is C=C(SC(C)C)C(CC)CC. The van der Waals surface area contributed by atoms with Crippen LogP contribution >= 0.6 is 11.8 Å². The van der Waals surface area contributed by atoms with Crippen LogP contribution in [0.2, 0.25) is 0 Å². The van der Waals surface area contributed by atoms with Gasteiger partial charge in [-0.25, -0.2) is 0 Å². The first-order valence-electron chi connectivity index (χ1n) is 4.47. The fourth-order valence-corrected chi connectivity index (χ4v) is 2.27. The van der Waals surface area contributed by atoms with Gasteiger partial charge in [0, 0.05) is 5.25 Å². The van der Waals surface area contributed by atoms with E-state index in [1.807, 2.05) is 11.8 Å². The van der Waals surface area contributed by atoms with E-state index in [1.165, 1.54) is 17.7 Å². The van der Waals surface area contributed by atoms with Gasteiger partial charge in [-0.3, -0.25) is 0 Å². The molecule has 0 bridgehead atoms. The number of thioether (sulfide) groups is 1. The highest BCUT2D eigenvalue weighted by Crippen LogP contribution is 2.30. The second-order valence-corrected chi connectivity index (χ2v) is 4.85. The van der Waals surface area contributed by atoms with Crippen LogP contribution in [0.4, 0.5) is 0 Å². The molecule has 0 aromatic carbocycles. The van der Waals surface area contributed by atoms with E-state index >= 15 is 0 Å². The van der Waals surface area contributed by atoms with E-state index < -0.39 is 0 Å². The first-order chi connectivity index (χ1) is 5.11. The molecular weight excluding hydrogens is 152 g/mol. The average Bonchev–Trinajstić information content (AvgIpc) is 1.88. The second kappa shape index (κ2) is 5.70. The van der Waals surface area contributed by atoms with Crippen molar-refractivity contribution < 1.29 is 0 Å². The van der Waals surface area contributed by atoms with Crippen LogP contribution in [0.1, 0.15) is 40.5 Å². The van der Waals surface area contributed by atoms with Crippen LogP contribution in [0.5, 0.6) is 0 Å². The zero-order chi connectivity index (χ0) is 8.85. The third-order valence-electron chi connectivity index (χ3n) is 1.83. The summed E-state index contributed by atoms with van der Waals surface area (Å²) in [5.41, 5.74) is 0. The molecule has 0 aromatic heterocycles. The van der Waals surface area contributed by atoms with Crippen molar-refractivity contribution in [2.24, 2.45) is 5.92 Å². The maximum Gasteiger partial charge on any atom is 0.00344 e. The summed E-state index contributed by atoms with van der Waals surface area (Å²) < 4.78 is 0. The molecule has 0 N–H and O–H groups in total. The fourth-order valence-electron chi connectivity index (χ4n) is 1.14. The Labute approximate surface area is 75.5 Å². The van der Waals surface area contributed by atoms with Gasteiger partial charge in [0.2, 0.25) is 0 Å². The van der Waals surface area contributed by atoms with Crippen molar-refractivity contribution in [2.75, 3.05) is 0 Å². The summed E-state index contributed by atoms with van der Waals surface area (Å²) in [6, 6.07) is 0. The van der Waals surface area contributed by atoms with Gasteiger partial charge in [0.1, 0.15) is 0 Å². The molecule has 0 spiro atoms. The molecule has 0 saturated carbocycles. The fraction of sp³-hybridized carbons (Fsp3) is 0.800. The minimum absolute atomic E-state index is 0.683. The lowest BCUT2D eigenvalue weighted by Gasteiger charge is -2.16. The van der Waals surface area contributed by atoms with Crippen LogP contribution in [-0.2, 0) is 0 Å². The molecule has 0 aromatic rings. The molecule has 0 amide bonds. The van der Waals surface area contributed by atoms with Gasteiger partial charge >= 0.3 is 0 Å². The normalized spacial score (nSPS) is 11.1.